The molecule has 2 atom stereocenters. The van der Waals surface area contributed by atoms with Crippen molar-refractivity contribution in [1.29, 1.82) is 0 Å². The van der Waals surface area contributed by atoms with Crippen LogP contribution in [0.25, 0.3) is 0 Å². The van der Waals surface area contributed by atoms with Gasteiger partial charge in [0.2, 0.25) is 11.8 Å². The second-order valence-corrected chi connectivity index (χ2v) is 7.52. The number of nitrogens with zero attached hydrogens (tertiary/aromatic N) is 1. The summed E-state index contributed by atoms with van der Waals surface area (Å²) in [5, 5.41) is 14.1. The molecule has 140 valence electrons. The van der Waals surface area contributed by atoms with Crippen LogP contribution in [-0.4, -0.2) is 30.0 Å². The van der Waals surface area contributed by atoms with Crippen molar-refractivity contribution < 1.29 is 14.7 Å². The number of benzene rings is 2. The third kappa shape index (κ3) is 3.60. The first-order chi connectivity index (χ1) is 13.1. The molecular formula is C22H24N2O3. The van der Waals surface area contributed by atoms with Crippen molar-refractivity contribution in [3.05, 3.63) is 66.2 Å². The molecule has 0 aromatic heterocycles. The smallest absolute Gasteiger partial charge is 0.227 e. The van der Waals surface area contributed by atoms with Crippen molar-refractivity contribution in [3.63, 3.8) is 0 Å². The highest BCUT2D eigenvalue weighted by molar-refractivity contribution is 6.00. The van der Waals surface area contributed by atoms with Gasteiger partial charge in [0.15, 0.2) is 0 Å². The van der Waals surface area contributed by atoms with Crippen LogP contribution in [0, 0.1) is 11.8 Å². The molecular weight excluding hydrogens is 340 g/mol. The average molecular weight is 364 g/mol. The predicted octanol–water partition coefficient (Wildman–Crippen LogP) is 2.45. The van der Waals surface area contributed by atoms with E-state index in [2.05, 4.69) is 5.32 Å². The summed E-state index contributed by atoms with van der Waals surface area (Å²) in [6, 6.07) is 18.9. The summed E-state index contributed by atoms with van der Waals surface area (Å²) in [5.41, 5.74) is 0.608. The normalized spacial score (nSPS) is 21.7. The van der Waals surface area contributed by atoms with Gasteiger partial charge in [-0.15, -0.1) is 0 Å². The van der Waals surface area contributed by atoms with Crippen LogP contribution in [0.2, 0.25) is 0 Å². The molecule has 2 fully saturated rings. The van der Waals surface area contributed by atoms with E-state index < -0.39 is 11.5 Å². The third-order valence-corrected chi connectivity index (χ3v) is 5.62. The molecule has 2 amide bonds. The molecule has 4 rings (SSSR count). The minimum absolute atomic E-state index is 0.0399. The Hall–Kier alpha value is -2.66. The molecule has 2 aromatic rings. The molecule has 2 N–H and O–H groups in total. The fourth-order valence-electron chi connectivity index (χ4n) is 3.88. The lowest BCUT2D eigenvalue weighted by Crippen LogP contribution is -2.44. The molecule has 0 radical (unpaired) electrons. The Morgan fingerprint density at radius 1 is 1.07 bits per heavy atom. The Bertz CT molecular complexity index is 820. The SMILES string of the molecule is O=C(NCC(O)(c1ccccc1)C1CC1)C1CC(=O)N(c2ccccc2)C1. The highest BCUT2D eigenvalue weighted by Crippen LogP contribution is 2.45. The van der Waals surface area contributed by atoms with Gasteiger partial charge in [-0.05, 0) is 36.5 Å². The van der Waals surface area contributed by atoms with E-state index in [1.54, 1.807) is 4.90 Å². The van der Waals surface area contributed by atoms with Gasteiger partial charge in [0.25, 0.3) is 0 Å². The molecule has 1 saturated heterocycles. The summed E-state index contributed by atoms with van der Waals surface area (Å²) < 4.78 is 0. The van der Waals surface area contributed by atoms with Gasteiger partial charge in [0.05, 0.1) is 12.5 Å². The van der Waals surface area contributed by atoms with Crippen LogP contribution in [0.1, 0.15) is 24.8 Å². The minimum Gasteiger partial charge on any atom is -0.383 e. The van der Waals surface area contributed by atoms with E-state index in [0.29, 0.717) is 6.54 Å². The van der Waals surface area contributed by atoms with Crippen molar-refractivity contribution >= 4 is 17.5 Å². The Morgan fingerprint density at radius 3 is 2.33 bits per heavy atom. The van der Waals surface area contributed by atoms with E-state index in [4.69, 9.17) is 0 Å². The van der Waals surface area contributed by atoms with Gasteiger partial charge in [-0.25, -0.2) is 0 Å². The standard InChI is InChI=1S/C22H24N2O3/c25-20-13-16(14-24(20)19-9-5-2-6-10-19)21(26)23-15-22(27,18-11-12-18)17-7-3-1-4-8-17/h1-10,16,18,27H,11-15H2,(H,23,26). The molecule has 2 aromatic carbocycles. The van der Waals surface area contributed by atoms with E-state index in [1.165, 1.54) is 0 Å². The molecule has 1 aliphatic carbocycles. The number of amides is 2. The highest BCUT2D eigenvalue weighted by atomic mass is 16.3. The maximum absolute atomic E-state index is 12.7. The Balaban J connectivity index is 1.41. The van der Waals surface area contributed by atoms with Gasteiger partial charge in [-0.1, -0.05) is 48.5 Å². The molecule has 1 aliphatic heterocycles. The number of carbonyl (C=O) groups excluding carboxylic acids is 2. The van der Waals surface area contributed by atoms with Crippen LogP contribution in [0.5, 0.6) is 0 Å². The van der Waals surface area contributed by atoms with Crippen molar-refractivity contribution in [3.8, 4) is 0 Å². The molecule has 27 heavy (non-hydrogen) atoms. The first-order valence-electron chi connectivity index (χ1n) is 9.49. The summed E-state index contributed by atoms with van der Waals surface area (Å²) >= 11 is 0. The molecule has 5 heteroatoms. The number of para-hydroxylation sites is 1. The van der Waals surface area contributed by atoms with E-state index >= 15 is 0 Å². The van der Waals surface area contributed by atoms with Gasteiger partial charge in [0.1, 0.15) is 5.60 Å². The Morgan fingerprint density at radius 2 is 1.70 bits per heavy atom. The van der Waals surface area contributed by atoms with Crippen LogP contribution in [0.4, 0.5) is 5.69 Å². The second kappa shape index (κ2) is 7.16. The number of rotatable bonds is 6. The molecule has 5 nitrogen and oxygen atoms in total. The zero-order chi connectivity index (χ0) is 18.9. The zero-order valence-corrected chi connectivity index (χ0v) is 15.2. The van der Waals surface area contributed by atoms with Crippen molar-refractivity contribution in [2.45, 2.75) is 24.9 Å². The topological polar surface area (TPSA) is 69.6 Å². The summed E-state index contributed by atoms with van der Waals surface area (Å²) in [6.07, 6.45) is 2.13. The average Bonchev–Trinajstić information content (AvgIpc) is 3.50. The van der Waals surface area contributed by atoms with E-state index in [-0.39, 0.29) is 30.7 Å². The van der Waals surface area contributed by atoms with Gasteiger partial charge in [-0.3, -0.25) is 9.59 Å². The highest BCUT2D eigenvalue weighted by Gasteiger charge is 2.45. The van der Waals surface area contributed by atoms with Gasteiger partial charge >= 0.3 is 0 Å². The number of carbonyl (C=O) groups is 2. The lowest BCUT2D eigenvalue weighted by atomic mass is 9.88. The predicted molar refractivity (Wildman–Crippen MR) is 103 cm³/mol. The quantitative estimate of drug-likeness (QED) is 0.827. The number of hydrogen-bond acceptors (Lipinski definition) is 3. The second-order valence-electron chi connectivity index (χ2n) is 7.52. The molecule has 2 unspecified atom stereocenters. The van der Waals surface area contributed by atoms with E-state index in [9.17, 15) is 14.7 Å². The fraction of sp³-hybridized carbons (Fsp3) is 0.364. The van der Waals surface area contributed by atoms with Crippen LogP contribution < -0.4 is 10.2 Å². The van der Waals surface area contributed by atoms with Crippen LogP contribution in [0.15, 0.2) is 60.7 Å². The summed E-state index contributed by atoms with van der Waals surface area (Å²) in [4.78, 5) is 26.7. The lowest BCUT2D eigenvalue weighted by Gasteiger charge is -2.29. The lowest BCUT2D eigenvalue weighted by molar-refractivity contribution is -0.127. The Kier molecular flexibility index (Phi) is 4.70. The maximum atomic E-state index is 12.7. The van der Waals surface area contributed by atoms with Crippen molar-refractivity contribution in [1.82, 2.24) is 5.32 Å². The largest absolute Gasteiger partial charge is 0.383 e. The molecule has 0 spiro atoms. The van der Waals surface area contributed by atoms with E-state index in [1.807, 2.05) is 60.7 Å². The summed E-state index contributed by atoms with van der Waals surface area (Å²) in [7, 11) is 0. The zero-order valence-electron chi connectivity index (χ0n) is 15.2. The van der Waals surface area contributed by atoms with Crippen LogP contribution in [0.3, 0.4) is 0 Å². The summed E-state index contributed by atoms with van der Waals surface area (Å²) in [5.74, 6) is -0.429. The van der Waals surface area contributed by atoms with E-state index in [0.717, 1.165) is 24.1 Å². The van der Waals surface area contributed by atoms with Gasteiger partial charge in [0, 0.05) is 18.7 Å². The molecule has 1 heterocycles. The first kappa shape index (κ1) is 17.7. The number of nitrogens with one attached hydrogen (secondary N) is 1. The van der Waals surface area contributed by atoms with Crippen molar-refractivity contribution in [2.75, 3.05) is 18.0 Å². The molecule has 0 bridgehead atoms. The number of anilines is 1. The number of hydrogen-bond donors (Lipinski definition) is 2. The van der Waals surface area contributed by atoms with Gasteiger partial charge < -0.3 is 15.3 Å². The fourth-order valence-corrected chi connectivity index (χ4v) is 3.88. The van der Waals surface area contributed by atoms with Gasteiger partial charge in [-0.2, -0.15) is 0 Å². The monoisotopic (exact) mass is 364 g/mol. The molecule has 2 aliphatic rings. The first-order valence-corrected chi connectivity index (χ1v) is 9.49. The Labute approximate surface area is 159 Å². The number of aliphatic hydroxyl groups is 1. The maximum Gasteiger partial charge on any atom is 0.227 e. The molecule has 1 saturated carbocycles. The van der Waals surface area contributed by atoms with Crippen LogP contribution >= 0.6 is 0 Å². The minimum atomic E-state index is -1.04. The summed E-state index contributed by atoms with van der Waals surface area (Å²) in [6.45, 7) is 0.554. The van der Waals surface area contributed by atoms with Crippen molar-refractivity contribution in [2.24, 2.45) is 11.8 Å². The van der Waals surface area contributed by atoms with Crippen LogP contribution in [-0.2, 0) is 15.2 Å². The third-order valence-electron chi connectivity index (χ3n) is 5.62.